The number of benzene rings is 1. The van der Waals surface area contributed by atoms with E-state index in [1.807, 2.05) is 12.1 Å². The van der Waals surface area contributed by atoms with Gasteiger partial charge in [0.15, 0.2) is 0 Å². The van der Waals surface area contributed by atoms with Gasteiger partial charge < -0.3 is 5.32 Å². The summed E-state index contributed by atoms with van der Waals surface area (Å²) >= 11 is 6.05. The van der Waals surface area contributed by atoms with Gasteiger partial charge in [0.05, 0.1) is 0 Å². The monoisotopic (exact) mass is 318 g/mol. The fourth-order valence-corrected chi connectivity index (χ4v) is 5.37. The SMILES string of the molecule is CC(C)CN1C(Cc2ccc(Cl)cc2)C2CC3CC1C2CN3. The Morgan fingerprint density at radius 3 is 2.64 bits per heavy atom. The molecule has 5 unspecified atom stereocenters. The van der Waals surface area contributed by atoms with Gasteiger partial charge >= 0.3 is 0 Å². The molecule has 3 aliphatic heterocycles. The second kappa shape index (κ2) is 5.81. The molecule has 1 saturated carbocycles. The summed E-state index contributed by atoms with van der Waals surface area (Å²) in [5.41, 5.74) is 1.44. The van der Waals surface area contributed by atoms with Crippen molar-refractivity contribution in [2.75, 3.05) is 13.1 Å². The van der Waals surface area contributed by atoms with Crippen LogP contribution in [0.25, 0.3) is 0 Å². The minimum atomic E-state index is 0.727. The number of rotatable bonds is 4. The quantitative estimate of drug-likeness (QED) is 0.912. The number of fused-ring (bicyclic) bond motifs is 1. The minimum absolute atomic E-state index is 0.727. The Morgan fingerprint density at radius 2 is 1.95 bits per heavy atom. The van der Waals surface area contributed by atoms with Crippen molar-refractivity contribution in [1.82, 2.24) is 10.2 Å². The van der Waals surface area contributed by atoms with Crippen LogP contribution in [0.2, 0.25) is 5.02 Å². The molecule has 120 valence electrons. The topological polar surface area (TPSA) is 15.3 Å². The van der Waals surface area contributed by atoms with Crippen molar-refractivity contribution in [3.63, 3.8) is 0 Å². The Labute approximate surface area is 139 Å². The van der Waals surface area contributed by atoms with Gasteiger partial charge in [0.25, 0.3) is 0 Å². The molecule has 3 heteroatoms. The number of piperidine rings is 2. The summed E-state index contributed by atoms with van der Waals surface area (Å²) < 4.78 is 0. The van der Waals surface area contributed by atoms with Gasteiger partial charge in [-0.3, -0.25) is 4.90 Å². The predicted octanol–water partition coefficient (Wildman–Crippen LogP) is 3.59. The molecule has 1 aromatic carbocycles. The lowest BCUT2D eigenvalue weighted by Crippen LogP contribution is -2.54. The highest BCUT2D eigenvalue weighted by molar-refractivity contribution is 6.30. The van der Waals surface area contributed by atoms with Crippen LogP contribution < -0.4 is 5.32 Å². The Morgan fingerprint density at radius 1 is 1.18 bits per heavy atom. The second-order valence-corrected chi connectivity index (χ2v) is 8.40. The molecule has 1 N–H and O–H groups in total. The maximum Gasteiger partial charge on any atom is 0.0406 e. The van der Waals surface area contributed by atoms with Crippen molar-refractivity contribution in [2.45, 2.75) is 51.2 Å². The molecule has 3 saturated heterocycles. The van der Waals surface area contributed by atoms with Crippen LogP contribution in [0.3, 0.4) is 0 Å². The summed E-state index contributed by atoms with van der Waals surface area (Å²) in [6.07, 6.45) is 3.94. The first-order valence-corrected chi connectivity index (χ1v) is 9.23. The van der Waals surface area contributed by atoms with Crippen LogP contribution in [0, 0.1) is 17.8 Å². The summed E-state index contributed by atoms with van der Waals surface area (Å²) in [6, 6.07) is 10.8. The smallest absolute Gasteiger partial charge is 0.0406 e. The van der Waals surface area contributed by atoms with E-state index in [-0.39, 0.29) is 0 Å². The number of hydrogen-bond donors (Lipinski definition) is 1. The maximum absolute atomic E-state index is 6.05. The van der Waals surface area contributed by atoms with Gasteiger partial charge in [0.1, 0.15) is 0 Å². The van der Waals surface area contributed by atoms with E-state index in [2.05, 4.69) is 36.2 Å². The number of halogens is 1. The van der Waals surface area contributed by atoms with Crippen molar-refractivity contribution in [2.24, 2.45) is 17.8 Å². The number of likely N-dealkylation sites (tertiary alicyclic amines) is 1. The number of hydrogen-bond acceptors (Lipinski definition) is 2. The molecule has 0 amide bonds. The fraction of sp³-hybridized carbons (Fsp3) is 0.684. The average Bonchev–Trinajstić information content (AvgIpc) is 2.71. The molecule has 0 radical (unpaired) electrons. The molecular formula is C19H27ClN2. The lowest BCUT2D eigenvalue weighted by molar-refractivity contribution is 0.114. The van der Waals surface area contributed by atoms with E-state index in [9.17, 15) is 0 Å². The van der Waals surface area contributed by atoms with E-state index in [0.717, 1.165) is 40.9 Å². The van der Waals surface area contributed by atoms with Gasteiger partial charge in [0, 0.05) is 36.2 Å². The van der Waals surface area contributed by atoms with Crippen LogP contribution in [0.15, 0.2) is 24.3 Å². The predicted molar refractivity (Wildman–Crippen MR) is 92.3 cm³/mol. The third-order valence-electron chi connectivity index (χ3n) is 6.05. The Balaban J connectivity index is 1.59. The van der Waals surface area contributed by atoms with Crippen LogP contribution in [-0.2, 0) is 6.42 Å². The van der Waals surface area contributed by atoms with E-state index < -0.39 is 0 Å². The van der Waals surface area contributed by atoms with Gasteiger partial charge in [-0.25, -0.2) is 0 Å². The minimum Gasteiger partial charge on any atom is -0.314 e. The molecule has 22 heavy (non-hydrogen) atoms. The van der Waals surface area contributed by atoms with Crippen LogP contribution in [0.4, 0.5) is 0 Å². The first-order valence-electron chi connectivity index (χ1n) is 8.85. The average molecular weight is 319 g/mol. The normalized spacial score (nSPS) is 37.2. The van der Waals surface area contributed by atoms with Crippen LogP contribution in [0.1, 0.15) is 32.3 Å². The van der Waals surface area contributed by atoms with Gasteiger partial charge in [-0.05, 0) is 54.7 Å². The van der Waals surface area contributed by atoms with Gasteiger partial charge in [-0.2, -0.15) is 0 Å². The molecule has 1 aromatic rings. The van der Waals surface area contributed by atoms with Crippen molar-refractivity contribution in [1.29, 1.82) is 0 Å². The first-order chi connectivity index (χ1) is 10.6. The zero-order chi connectivity index (χ0) is 15.3. The van der Waals surface area contributed by atoms with Crippen molar-refractivity contribution in [3.05, 3.63) is 34.9 Å². The highest BCUT2D eigenvalue weighted by atomic mass is 35.5. The van der Waals surface area contributed by atoms with Crippen LogP contribution in [-0.4, -0.2) is 36.1 Å². The lowest BCUT2D eigenvalue weighted by Gasteiger charge is -2.43. The molecule has 5 atom stereocenters. The summed E-state index contributed by atoms with van der Waals surface area (Å²) in [4.78, 5) is 2.87. The zero-order valence-electron chi connectivity index (χ0n) is 13.6. The highest BCUT2D eigenvalue weighted by Gasteiger charge is 2.54. The van der Waals surface area contributed by atoms with E-state index in [4.69, 9.17) is 11.6 Å². The summed E-state index contributed by atoms with van der Waals surface area (Å²) in [7, 11) is 0. The largest absolute Gasteiger partial charge is 0.314 e. The third-order valence-corrected chi connectivity index (χ3v) is 6.30. The summed E-state index contributed by atoms with van der Waals surface area (Å²) in [5.74, 6) is 2.51. The van der Waals surface area contributed by atoms with E-state index in [1.54, 1.807) is 0 Å². The van der Waals surface area contributed by atoms with Crippen molar-refractivity contribution >= 4 is 11.6 Å². The molecule has 4 aliphatic rings. The van der Waals surface area contributed by atoms with Crippen molar-refractivity contribution < 1.29 is 0 Å². The molecule has 1 aliphatic carbocycles. The molecule has 4 fully saturated rings. The molecule has 2 nitrogen and oxygen atoms in total. The Bertz CT molecular complexity index is 527. The Hall–Kier alpha value is -0.570. The van der Waals surface area contributed by atoms with E-state index >= 15 is 0 Å². The molecule has 0 spiro atoms. The maximum atomic E-state index is 6.05. The van der Waals surface area contributed by atoms with Gasteiger partial charge in [0.2, 0.25) is 0 Å². The van der Waals surface area contributed by atoms with Crippen LogP contribution in [0.5, 0.6) is 0 Å². The molecule has 3 heterocycles. The van der Waals surface area contributed by atoms with Gasteiger partial charge in [-0.15, -0.1) is 0 Å². The lowest BCUT2D eigenvalue weighted by atomic mass is 9.71. The van der Waals surface area contributed by atoms with E-state index in [0.29, 0.717) is 0 Å². The van der Waals surface area contributed by atoms with Crippen LogP contribution >= 0.6 is 11.6 Å². The molecule has 0 aromatic heterocycles. The van der Waals surface area contributed by atoms with Crippen molar-refractivity contribution in [3.8, 4) is 0 Å². The third kappa shape index (κ3) is 2.60. The zero-order valence-corrected chi connectivity index (χ0v) is 14.4. The van der Waals surface area contributed by atoms with E-state index in [1.165, 1.54) is 37.9 Å². The molecular weight excluding hydrogens is 292 g/mol. The summed E-state index contributed by atoms with van der Waals surface area (Å²) in [6.45, 7) is 7.21. The second-order valence-electron chi connectivity index (χ2n) is 7.96. The first kappa shape index (κ1) is 15.0. The molecule has 4 bridgehead atoms. The summed E-state index contributed by atoms with van der Waals surface area (Å²) in [5, 5.41) is 4.58. The molecule has 5 rings (SSSR count). The fourth-order valence-electron chi connectivity index (χ4n) is 5.25. The standard InChI is InChI=1S/C19H27ClN2/c1-12(2)11-22-18(7-13-3-5-14(20)6-4-13)16-8-15-9-19(22)17(16)10-21-15/h3-6,12,15-19,21H,7-11H2,1-2H3. The number of nitrogens with one attached hydrogen (secondary N) is 1. The number of nitrogens with zero attached hydrogens (tertiary/aromatic N) is 1. The highest BCUT2D eigenvalue weighted by Crippen LogP contribution is 2.48. The van der Waals surface area contributed by atoms with Gasteiger partial charge in [-0.1, -0.05) is 37.6 Å². The Kier molecular flexibility index (Phi) is 3.96.